The lowest BCUT2D eigenvalue weighted by molar-refractivity contribution is 0.184. The van der Waals surface area contributed by atoms with Crippen molar-refractivity contribution in [3.05, 3.63) is 0 Å². The molecule has 0 aromatic heterocycles. The van der Waals surface area contributed by atoms with Crippen LogP contribution in [0.5, 0.6) is 0 Å². The Kier molecular flexibility index (Phi) is 9.00. The Morgan fingerprint density at radius 2 is 1.62 bits per heavy atom. The van der Waals surface area contributed by atoms with Gasteiger partial charge in [-0.2, -0.15) is 0 Å². The molecule has 13 heavy (non-hydrogen) atoms. The average Bonchev–Trinajstić information content (AvgIpc) is 2.10. The lowest BCUT2D eigenvalue weighted by atomic mass is 10.1. The van der Waals surface area contributed by atoms with Crippen LogP contribution in [-0.4, -0.2) is 16.6 Å². The lowest BCUT2D eigenvalue weighted by Gasteiger charge is -2.11. The number of aliphatic hydroxyl groups is 1. The molecule has 0 spiro atoms. The Balaban J connectivity index is 3.07. The van der Waals surface area contributed by atoms with Crippen LogP contribution in [0.4, 0.5) is 0 Å². The summed E-state index contributed by atoms with van der Waals surface area (Å²) in [7, 11) is 0. The highest BCUT2D eigenvalue weighted by molar-refractivity contribution is 6.20. The maximum atomic E-state index is 9.13. The Bertz CT molecular complexity index is 104. The smallest absolute Gasteiger partial charge is 0.0675 e. The second kappa shape index (κ2) is 8.83. The molecule has 0 aliphatic carbocycles. The van der Waals surface area contributed by atoms with Gasteiger partial charge in [0.25, 0.3) is 0 Å². The summed E-state index contributed by atoms with van der Waals surface area (Å²) in [5.74, 6) is 0. The van der Waals surface area contributed by atoms with Gasteiger partial charge >= 0.3 is 0 Å². The molecule has 80 valence electrons. The Morgan fingerprint density at radius 1 is 1.08 bits per heavy atom. The van der Waals surface area contributed by atoms with Gasteiger partial charge < -0.3 is 5.11 Å². The highest BCUT2D eigenvalue weighted by Gasteiger charge is 2.09. The molecule has 0 saturated carbocycles. The number of unbranched alkanes of at least 4 members (excludes halogenated alkanes) is 5. The first-order chi connectivity index (χ1) is 6.18. The van der Waals surface area contributed by atoms with Gasteiger partial charge in [-0.05, 0) is 13.3 Å². The molecule has 0 aromatic carbocycles. The van der Waals surface area contributed by atoms with Crippen molar-refractivity contribution in [3.8, 4) is 0 Å². The van der Waals surface area contributed by atoms with Crippen LogP contribution in [0.2, 0.25) is 0 Å². The molecule has 0 aliphatic rings. The second-order valence-electron chi connectivity index (χ2n) is 3.81. The van der Waals surface area contributed by atoms with Gasteiger partial charge in [-0.1, -0.05) is 45.4 Å². The van der Waals surface area contributed by atoms with E-state index in [4.69, 9.17) is 16.7 Å². The van der Waals surface area contributed by atoms with Crippen LogP contribution >= 0.6 is 11.6 Å². The molecule has 0 aromatic rings. The quantitative estimate of drug-likeness (QED) is 0.474. The fourth-order valence-electron chi connectivity index (χ4n) is 1.36. The van der Waals surface area contributed by atoms with E-state index < -0.39 is 0 Å². The van der Waals surface area contributed by atoms with Gasteiger partial charge in [-0.3, -0.25) is 0 Å². The van der Waals surface area contributed by atoms with Crippen LogP contribution in [0, 0.1) is 0 Å². The minimum atomic E-state index is -0.364. The zero-order valence-corrected chi connectivity index (χ0v) is 9.69. The van der Waals surface area contributed by atoms with Crippen molar-refractivity contribution in [2.75, 3.05) is 0 Å². The van der Waals surface area contributed by atoms with E-state index in [2.05, 4.69) is 6.92 Å². The van der Waals surface area contributed by atoms with Gasteiger partial charge in [-0.25, -0.2) is 0 Å². The van der Waals surface area contributed by atoms with Crippen molar-refractivity contribution in [2.45, 2.75) is 70.3 Å². The van der Waals surface area contributed by atoms with E-state index in [-0.39, 0.29) is 11.5 Å². The summed E-state index contributed by atoms with van der Waals surface area (Å²) in [6.45, 7) is 3.98. The number of rotatable bonds is 8. The average molecular weight is 207 g/mol. The van der Waals surface area contributed by atoms with Crippen LogP contribution in [-0.2, 0) is 0 Å². The van der Waals surface area contributed by atoms with E-state index in [1.807, 2.05) is 0 Å². The van der Waals surface area contributed by atoms with Gasteiger partial charge in [0.05, 0.1) is 11.5 Å². The number of aliphatic hydroxyl groups excluding tert-OH is 1. The number of halogens is 1. The molecule has 0 radical (unpaired) electrons. The van der Waals surface area contributed by atoms with Gasteiger partial charge in [0.1, 0.15) is 0 Å². The first-order valence-electron chi connectivity index (χ1n) is 5.50. The molecule has 2 atom stereocenters. The van der Waals surface area contributed by atoms with Crippen molar-refractivity contribution >= 4 is 11.6 Å². The number of alkyl halides is 1. The van der Waals surface area contributed by atoms with Gasteiger partial charge in [0.2, 0.25) is 0 Å². The molecule has 2 heteroatoms. The number of hydrogen-bond donors (Lipinski definition) is 1. The number of hydrogen-bond acceptors (Lipinski definition) is 1. The van der Waals surface area contributed by atoms with Gasteiger partial charge in [0.15, 0.2) is 0 Å². The summed E-state index contributed by atoms with van der Waals surface area (Å²) in [5.41, 5.74) is 0. The molecule has 1 nitrogen and oxygen atoms in total. The minimum absolute atomic E-state index is 0.0498. The first-order valence-corrected chi connectivity index (χ1v) is 5.94. The molecule has 0 amide bonds. The molecule has 0 rings (SSSR count). The van der Waals surface area contributed by atoms with Crippen molar-refractivity contribution < 1.29 is 5.11 Å². The first kappa shape index (κ1) is 13.2. The van der Waals surface area contributed by atoms with Gasteiger partial charge in [0, 0.05) is 0 Å². The predicted molar refractivity (Wildman–Crippen MR) is 59.3 cm³/mol. The summed E-state index contributed by atoms with van der Waals surface area (Å²) >= 11 is 5.91. The molecule has 1 N–H and O–H groups in total. The van der Waals surface area contributed by atoms with Gasteiger partial charge in [-0.15, -0.1) is 11.6 Å². The molecular weight excluding hydrogens is 184 g/mol. The van der Waals surface area contributed by atoms with Crippen LogP contribution < -0.4 is 0 Å². The molecular formula is C11H23ClO. The maximum absolute atomic E-state index is 9.13. The third kappa shape index (κ3) is 8.58. The second-order valence-corrected chi connectivity index (χ2v) is 4.37. The molecule has 2 unspecified atom stereocenters. The maximum Gasteiger partial charge on any atom is 0.0675 e. The topological polar surface area (TPSA) is 20.2 Å². The SMILES string of the molecule is CCCCCCCCC(Cl)C(C)O. The largest absolute Gasteiger partial charge is 0.392 e. The van der Waals surface area contributed by atoms with E-state index in [0.717, 1.165) is 12.8 Å². The highest BCUT2D eigenvalue weighted by Crippen LogP contribution is 2.14. The van der Waals surface area contributed by atoms with Crippen molar-refractivity contribution in [2.24, 2.45) is 0 Å². The monoisotopic (exact) mass is 206 g/mol. The van der Waals surface area contributed by atoms with Crippen LogP contribution in [0.15, 0.2) is 0 Å². The summed E-state index contributed by atoms with van der Waals surface area (Å²) in [6.07, 6.45) is 8.31. The fraction of sp³-hybridized carbons (Fsp3) is 1.00. The normalized spacial score (nSPS) is 15.7. The summed E-state index contributed by atoms with van der Waals surface area (Å²) in [5, 5.41) is 9.08. The minimum Gasteiger partial charge on any atom is -0.392 e. The summed E-state index contributed by atoms with van der Waals surface area (Å²) < 4.78 is 0. The zero-order chi connectivity index (χ0) is 10.1. The molecule has 0 heterocycles. The van der Waals surface area contributed by atoms with E-state index in [9.17, 15) is 0 Å². The van der Waals surface area contributed by atoms with Crippen LogP contribution in [0.1, 0.15) is 58.8 Å². The van der Waals surface area contributed by atoms with E-state index >= 15 is 0 Å². The standard InChI is InChI=1S/C11H23ClO/c1-3-4-5-6-7-8-9-11(12)10(2)13/h10-11,13H,3-9H2,1-2H3. The summed E-state index contributed by atoms with van der Waals surface area (Å²) in [6, 6.07) is 0. The lowest BCUT2D eigenvalue weighted by Crippen LogP contribution is -2.16. The molecule has 0 fully saturated rings. The van der Waals surface area contributed by atoms with Crippen LogP contribution in [0.25, 0.3) is 0 Å². The van der Waals surface area contributed by atoms with Crippen molar-refractivity contribution in [1.29, 1.82) is 0 Å². The van der Waals surface area contributed by atoms with E-state index in [1.54, 1.807) is 6.92 Å². The third-order valence-corrected chi connectivity index (χ3v) is 2.94. The van der Waals surface area contributed by atoms with Crippen molar-refractivity contribution in [3.63, 3.8) is 0 Å². The molecule has 0 saturated heterocycles. The summed E-state index contributed by atoms with van der Waals surface area (Å²) in [4.78, 5) is 0. The zero-order valence-electron chi connectivity index (χ0n) is 8.93. The Morgan fingerprint density at radius 3 is 2.15 bits per heavy atom. The fourth-order valence-corrected chi connectivity index (χ4v) is 1.52. The highest BCUT2D eigenvalue weighted by atomic mass is 35.5. The van der Waals surface area contributed by atoms with E-state index in [1.165, 1.54) is 32.1 Å². The van der Waals surface area contributed by atoms with Crippen LogP contribution in [0.3, 0.4) is 0 Å². The molecule has 0 aliphatic heterocycles. The van der Waals surface area contributed by atoms with E-state index in [0.29, 0.717) is 0 Å². The Labute approximate surface area is 87.5 Å². The molecule has 0 bridgehead atoms. The Hall–Kier alpha value is 0.250. The predicted octanol–water partition coefficient (Wildman–Crippen LogP) is 3.73. The van der Waals surface area contributed by atoms with Crippen molar-refractivity contribution in [1.82, 2.24) is 0 Å². The third-order valence-electron chi connectivity index (χ3n) is 2.36.